The number of amides is 3. The van der Waals surface area contributed by atoms with E-state index in [4.69, 9.17) is 0 Å². The number of aromatic amines is 1. The Balaban J connectivity index is 1.54. The van der Waals surface area contributed by atoms with Gasteiger partial charge in [0.1, 0.15) is 0 Å². The van der Waals surface area contributed by atoms with E-state index in [0.29, 0.717) is 27.8 Å². The summed E-state index contributed by atoms with van der Waals surface area (Å²) in [6, 6.07) is 20.6. The molecule has 0 bridgehead atoms. The fourth-order valence-electron chi connectivity index (χ4n) is 3.12. The second-order valence-electron chi connectivity index (χ2n) is 6.88. The first-order chi connectivity index (χ1) is 15.0. The van der Waals surface area contributed by atoms with Crippen LogP contribution in [0.4, 0.5) is 21.9 Å². The molecule has 4 N–H and O–H groups in total. The minimum Gasteiger partial charge on any atom is -0.320 e. The van der Waals surface area contributed by atoms with Crippen LogP contribution in [0.1, 0.15) is 16.1 Å². The number of carbonyl (C=O) groups excluding carboxylic acids is 2. The lowest BCUT2D eigenvalue weighted by molar-refractivity contribution is 0.102. The lowest BCUT2D eigenvalue weighted by Gasteiger charge is -2.12. The quantitative estimate of drug-likeness (QED) is 0.403. The molecule has 31 heavy (non-hydrogen) atoms. The number of fused-ring (bicyclic) bond motifs is 1. The van der Waals surface area contributed by atoms with Gasteiger partial charge in [-0.05, 0) is 42.8 Å². The molecule has 1 aromatic heterocycles. The maximum absolute atomic E-state index is 12.9. The summed E-state index contributed by atoms with van der Waals surface area (Å²) < 4.78 is 0. The highest BCUT2D eigenvalue weighted by molar-refractivity contribution is 6.11. The van der Waals surface area contributed by atoms with Crippen LogP contribution in [0.25, 0.3) is 10.8 Å². The summed E-state index contributed by atoms with van der Waals surface area (Å²) >= 11 is 0. The van der Waals surface area contributed by atoms with E-state index in [2.05, 4.69) is 26.1 Å². The minimum atomic E-state index is -0.471. The summed E-state index contributed by atoms with van der Waals surface area (Å²) in [6.45, 7) is 1.84. The molecule has 0 fully saturated rings. The maximum atomic E-state index is 12.9. The molecule has 0 spiro atoms. The SMILES string of the molecule is Cc1ccc(NC(=O)Nc2ccccc2)cc1NC(=O)c1n[nH]c(=O)c2ccccc12. The van der Waals surface area contributed by atoms with Crippen molar-refractivity contribution in [1.29, 1.82) is 0 Å². The van der Waals surface area contributed by atoms with Gasteiger partial charge >= 0.3 is 6.03 Å². The molecular weight excluding hydrogens is 394 g/mol. The van der Waals surface area contributed by atoms with Gasteiger partial charge in [0.2, 0.25) is 0 Å². The zero-order valence-electron chi connectivity index (χ0n) is 16.6. The Morgan fingerprint density at radius 2 is 1.48 bits per heavy atom. The summed E-state index contributed by atoms with van der Waals surface area (Å²) in [7, 11) is 0. The number of H-pyrrole nitrogens is 1. The highest BCUT2D eigenvalue weighted by atomic mass is 16.2. The van der Waals surface area contributed by atoms with Crippen molar-refractivity contribution >= 4 is 39.8 Å². The Morgan fingerprint density at radius 1 is 0.806 bits per heavy atom. The van der Waals surface area contributed by atoms with E-state index in [1.807, 2.05) is 25.1 Å². The molecule has 1 heterocycles. The van der Waals surface area contributed by atoms with Crippen molar-refractivity contribution in [1.82, 2.24) is 10.2 Å². The van der Waals surface area contributed by atoms with Gasteiger partial charge in [0.25, 0.3) is 11.5 Å². The van der Waals surface area contributed by atoms with Gasteiger partial charge < -0.3 is 16.0 Å². The van der Waals surface area contributed by atoms with Crippen LogP contribution in [0.3, 0.4) is 0 Å². The average molecular weight is 413 g/mol. The van der Waals surface area contributed by atoms with Gasteiger partial charge in [-0.3, -0.25) is 9.59 Å². The first-order valence-corrected chi connectivity index (χ1v) is 9.54. The normalized spacial score (nSPS) is 10.5. The van der Waals surface area contributed by atoms with Crippen LogP contribution in [-0.2, 0) is 0 Å². The zero-order chi connectivity index (χ0) is 21.8. The zero-order valence-corrected chi connectivity index (χ0v) is 16.6. The number of urea groups is 1. The second kappa shape index (κ2) is 8.50. The largest absolute Gasteiger partial charge is 0.323 e. The smallest absolute Gasteiger partial charge is 0.320 e. The van der Waals surface area contributed by atoms with E-state index in [9.17, 15) is 14.4 Å². The lowest BCUT2D eigenvalue weighted by atomic mass is 10.1. The number of aryl methyl sites for hydroxylation is 1. The van der Waals surface area contributed by atoms with E-state index in [1.165, 1.54) is 0 Å². The Labute approximate surface area is 177 Å². The van der Waals surface area contributed by atoms with E-state index in [1.54, 1.807) is 54.6 Å². The number of anilines is 3. The minimum absolute atomic E-state index is 0.106. The van der Waals surface area contributed by atoms with Crippen molar-refractivity contribution in [3.8, 4) is 0 Å². The predicted molar refractivity (Wildman–Crippen MR) is 121 cm³/mol. The molecule has 8 heteroatoms. The molecule has 4 rings (SSSR count). The Hall–Kier alpha value is -4.46. The van der Waals surface area contributed by atoms with Gasteiger partial charge in [-0.2, -0.15) is 5.10 Å². The third-order valence-electron chi connectivity index (χ3n) is 4.69. The molecule has 0 aliphatic carbocycles. The molecule has 154 valence electrons. The molecule has 0 saturated heterocycles. The number of rotatable bonds is 4. The van der Waals surface area contributed by atoms with Crippen LogP contribution in [-0.4, -0.2) is 22.1 Å². The topological polar surface area (TPSA) is 116 Å². The van der Waals surface area contributed by atoms with E-state index >= 15 is 0 Å². The number of nitrogens with one attached hydrogen (secondary N) is 4. The predicted octanol–water partition coefficient (Wildman–Crippen LogP) is 4.13. The van der Waals surface area contributed by atoms with Crippen molar-refractivity contribution in [2.75, 3.05) is 16.0 Å². The molecule has 0 unspecified atom stereocenters. The molecule has 3 amide bonds. The van der Waals surface area contributed by atoms with E-state index in [0.717, 1.165) is 5.56 Å². The van der Waals surface area contributed by atoms with Gasteiger partial charge in [0.15, 0.2) is 5.69 Å². The molecule has 0 saturated carbocycles. The highest BCUT2D eigenvalue weighted by Crippen LogP contribution is 2.22. The van der Waals surface area contributed by atoms with Crippen molar-refractivity contribution in [3.63, 3.8) is 0 Å². The van der Waals surface area contributed by atoms with Gasteiger partial charge in [-0.15, -0.1) is 0 Å². The third kappa shape index (κ3) is 4.43. The van der Waals surface area contributed by atoms with Gasteiger partial charge in [0, 0.05) is 22.4 Å². The average Bonchev–Trinajstić information content (AvgIpc) is 2.77. The Kier molecular flexibility index (Phi) is 5.44. The Morgan fingerprint density at radius 3 is 2.26 bits per heavy atom. The van der Waals surface area contributed by atoms with Crippen molar-refractivity contribution in [2.45, 2.75) is 6.92 Å². The van der Waals surface area contributed by atoms with Crippen LogP contribution in [0, 0.1) is 6.92 Å². The second-order valence-corrected chi connectivity index (χ2v) is 6.88. The van der Waals surface area contributed by atoms with Gasteiger partial charge in [-0.1, -0.05) is 42.5 Å². The fraction of sp³-hybridized carbons (Fsp3) is 0.0435. The lowest BCUT2D eigenvalue weighted by Crippen LogP contribution is -2.21. The maximum Gasteiger partial charge on any atom is 0.323 e. The number of hydrogen-bond donors (Lipinski definition) is 4. The fourth-order valence-corrected chi connectivity index (χ4v) is 3.12. The number of carbonyl (C=O) groups is 2. The van der Waals surface area contributed by atoms with Crippen molar-refractivity contribution in [3.05, 3.63) is 94.4 Å². The number of para-hydroxylation sites is 1. The van der Waals surface area contributed by atoms with Gasteiger partial charge in [0.05, 0.1) is 5.39 Å². The monoisotopic (exact) mass is 413 g/mol. The molecular formula is C23H19N5O3. The Bertz CT molecular complexity index is 1330. The van der Waals surface area contributed by atoms with Crippen LogP contribution >= 0.6 is 0 Å². The molecule has 0 atom stereocenters. The first kappa shape index (κ1) is 19.8. The third-order valence-corrected chi connectivity index (χ3v) is 4.69. The highest BCUT2D eigenvalue weighted by Gasteiger charge is 2.15. The molecule has 0 aliphatic rings. The number of hydrogen-bond acceptors (Lipinski definition) is 4. The number of aromatic nitrogens is 2. The molecule has 0 radical (unpaired) electrons. The molecule has 8 nitrogen and oxygen atoms in total. The number of benzene rings is 3. The van der Waals surface area contributed by atoms with Crippen molar-refractivity contribution in [2.24, 2.45) is 0 Å². The summed E-state index contributed by atoms with van der Waals surface area (Å²) in [5.74, 6) is -0.471. The summed E-state index contributed by atoms with van der Waals surface area (Å²) in [5, 5.41) is 15.4. The molecule has 0 aliphatic heterocycles. The summed E-state index contributed by atoms with van der Waals surface area (Å²) in [6.07, 6.45) is 0. The molecule has 3 aromatic carbocycles. The first-order valence-electron chi connectivity index (χ1n) is 9.54. The summed E-state index contributed by atoms with van der Waals surface area (Å²) in [5.41, 5.74) is 2.23. The summed E-state index contributed by atoms with van der Waals surface area (Å²) in [4.78, 5) is 37.1. The van der Waals surface area contributed by atoms with Crippen LogP contribution < -0.4 is 21.5 Å². The van der Waals surface area contributed by atoms with Crippen LogP contribution in [0.5, 0.6) is 0 Å². The van der Waals surface area contributed by atoms with E-state index in [-0.39, 0.29) is 11.3 Å². The van der Waals surface area contributed by atoms with Gasteiger partial charge in [-0.25, -0.2) is 9.89 Å². The van der Waals surface area contributed by atoms with Crippen molar-refractivity contribution < 1.29 is 9.59 Å². The standard InChI is InChI=1S/C23H19N5O3/c1-14-11-12-16(25-23(31)24-15-7-3-2-4-8-15)13-19(14)26-22(30)20-17-9-5-6-10-18(17)21(29)28-27-20/h2-13H,1H3,(H,26,30)(H,28,29)(H2,24,25,31). The van der Waals surface area contributed by atoms with E-state index < -0.39 is 11.9 Å². The molecule has 4 aromatic rings. The van der Waals surface area contributed by atoms with Crippen LogP contribution in [0.2, 0.25) is 0 Å². The number of nitrogens with zero attached hydrogens (tertiary/aromatic N) is 1. The van der Waals surface area contributed by atoms with Crippen LogP contribution in [0.15, 0.2) is 77.6 Å².